The van der Waals surface area contributed by atoms with Crippen LogP contribution >= 0.6 is 0 Å². The molecule has 3 aromatic rings. The van der Waals surface area contributed by atoms with Gasteiger partial charge in [0.1, 0.15) is 16.9 Å². The molecule has 1 aromatic carbocycles. The van der Waals surface area contributed by atoms with Gasteiger partial charge in [0, 0.05) is 30.6 Å². The average Bonchev–Trinajstić information content (AvgIpc) is 3.42. The second-order valence-electron chi connectivity index (χ2n) is 8.45. The molecule has 158 valence electrons. The predicted octanol–water partition coefficient (Wildman–Crippen LogP) is 3.28. The first kappa shape index (κ1) is 19.3. The molecule has 7 nitrogen and oxygen atoms in total. The Morgan fingerprint density at radius 1 is 1.23 bits per heavy atom. The van der Waals surface area contributed by atoms with Gasteiger partial charge in [-0.25, -0.2) is 4.98 Å². The number of furan rings is 1. The van der Waals surface area contributed by atoms with E-state index in [2.05, 4.69) is 27.9 Å². The summed E-state index contributed by atoms with van der Waals surface area (Å²) < 4.78 is 16.7. The minimum absolute atomic E-state index is 0.105. The largest absolute Gasteiger partial charge is 0.481 e. The van der Waals surface area contributed by atoms with E-state index in [9.17, 15) is 5.11 Å². The van der Waals surface area contributed by atoms with Gasteiger partial charge in [-0.05, 0) is 37.3 Å². The van der Waals surface area contributed by atoms with Crippen molar-refractivity contribution in [2.24, 2.45) is 11.8 Å². The SMILES string of the molecule is COc1ncc(C2(O)CCC3CN(Cc4oc5ccccc5c4C)CC32)c(OC)n1. The van der Waals surface area contributed by atoms with E-state index in [1.807, 2.05) is 18.2 Å². The van der Waals surface area contributed by atoms with Gasteiger partial charge in [-0.2, -0.15) is 4.98 Å². The van der Waals surface area contributed by atoms with Gasteiger partial charge in [-0.1, -0.05) is 18.2 Å². The lowest BCUT2D eigenvalue weighted by Gasteiger charge is -2.31. The number of fused-ring (bicyclic) bond motifs is 2. The van der Waals surface area contributed by atoms with Crippen LogP contribution in [0.1, 0.15) is 29.7 Å². The average molecular weight is 409 g/mol. The number of methoxy groups -OCH3 is 2. The molecule has 1 saturated carbocycles. The summed E-state index contributed by atoms with van der Waals surface area (Å²) in [5.41, 5.74) is 1.78. The van der Waals surface area contributed by atoms with Crippen molar-refractivity contribution in [1.29, 1.82) is 0 Å². The Morgan fingerprint density at radius 2 is 2.07 bits per heavy atom. The molecule has 3 atom stereocenters. The maximum atomic E-state index is 11.7. The summed E-state index contributed by atoms with van der Waals surface area (Å²) in [4.78, 5) is 10.9. The monoisotopic (exact) mass is 409 g/mol. The van der Waals surface area contributed by atoms with Gasteiger partial charge in [-0.3, -0.25) is 4.90 Å². The number of hydrogen-bond acceptors (Lipinski definition) is 7. The number of likely N-dealkylation sites (tertiary alicyclic amines) is 1. The van der Waals surface area contributed by atoms with Gasteiger partial charge in [0.25, 0.3) is 0 Å². The lowest BCUT2D eigenvalue weighted by molar-refractivity contribution is -0.00993. The van der Waals surface area contributed by atoms with Crippen LogP contribution in [0.5, 0.6) is 11.9 Å². The van der Waals surface area contributed by atoms with Crippen molar-refractivity contribution in [1.82, 2.24) is 14.9 Å². The summed E-state index contributed by atoms with van der Waals surface area (Å²) in [5.74, 6) is 1.92. The Labute approximate surface area is 175 Å². The van der Waals surface area contributed by atoms with Crippen LogP contribution in [-0.2, 0) is 12.1 Å². The Hall–Kier alpha value is -2.64. The summed E-state index contributed by atoms with van der Waals surface area (Å²) in [6.07, 6.45) is 3.30. The number of aliphatic hydroxyl groups is 1. The van der Waals surface area contributed by atoms with Crippen LogP contribution in [0.3, 0.4) is 0 Å². The molecule has 1 aliphatic heterocycles. The lowest BCUT2D eigenvalue weighted by Crippen LogP contribution is -2.35. The molecule has 2 fully saturated rings. The molecule has 3 heterocycles. The number of rotatable bonds is 5. The predicted molar refractivity (Wildman–Crippen MR) is 111 cm³/mol. The first-order chi connectivity index (χ1) is 14.5. The fraction of sp³-hybridized carbons (Fsp3) is 0.478. The van der Waals surface area contributed by atoms with Crippen molar-refractivity contribution < 1.29 is 19.0 Å². The molecule has 2 aliphatic rings. The third kappa shape index (κ3) is 2.96. The molecule has 30 heavy (non-hydrogen) atoms. The highest BCUT2D eigenvalue weighted by Crippen LogP contribution is 2.52. The van der Waals surface area contributed by atoms with E-state index < -0.39 is 5.60 Å². The molecular weight excluding hydrogens is 382 g/mol. The van der Waals surface area contributed by atoms with Gasteiger partial charge in [0.15, 0.2) is 0 Å². The summed E-state index contributed by atoms with van der Waals surface area (Å²) in [7, 11) is 3.08. The number of aryl methyl sites for hydroxylation is 1. The fourth-order valence-electron chi connectivity index (χ4n) is 5.33. The van der Waals surface area contributed by atoms with E-state index in [0.29, 0.717) is 23.8 Å². The quantitative estimate of drug-likeness (QED) is 0.693. The molecule has 1 aliphatic carbocycles. The second kappa shape index (κ2) is 7.25. The topological polar surface area (TPSA) is 80.9 Å². The maximum Gasteiger partial charge on any atom is 0.319 e. The summed E-state index contributed by atoms with van der Waals surface area (Å²) in [6.45, 7) is 4.61. The number of para-hydroxylation sites is 1. The van der Waals surface area contributed by atoms with E-state index in [4.69, 9.17) is 13.9 Å². The zero-order chi connectivity index (χ0) is 20.9. The standard InChI is InChI=1S/C23H27N3O4/c1-14-16-6-4-5-7-19(16)30-20(14)13-26-11-15-8-9-23(27,18(15)12-26)17-10-24-22(29-3)25-21(17)28-2/h4-7,10,15,18,27H,8-9,11-13H2,1-3H3. The van der Waals surface area contributed by atoms with Gasteiger partial charge in [0.2, 0.25) is 5.88 Å². The Kier molecular flexibility index (Phi) is 4.67. The zero-order valence-electron chi connectivity index (χ0n) is 17.6. The van der Waals surface area contributed by atoms with E-state index in [1.165, 1.54) is 18.1 Å². The van der Waals surface area contributed by atoms with Crippen LogP contribution in [0.15, 0.2) is 34.9 Å². The number of nitrogens with zero attached hydrogens (tertiary/aromatic N) is 3. The molecule has 0 bridgehead atoms. The van der Waals surface area contributed by atoms with Crippen LogP contribution in [0, 0.1) is 18.8 Å². The molecular formula is C23H27N3O4. The summed E-state index contributed by atoms with van der Waals surface area (Å²) in [6, 6.07) is 8.39. The zero-order valence-corrected chi connectivity index (χ0v) is 17.6. The fourth-order valence-corrected chi connectivity index (χ4v) is 5.33. The lowest BCUT2D eigenvalue weighted by atomic mass is 9.83. The summed E-state index contributed by atoms with van der Waals surface area (Å²) in [5, 5.41) is 12.9. The normalized spacial score (nSPS) is 26.3. The van der Waals surface area contributed by atoms with E-state index in [1.54, 1.807) is 13.3 Å². The molecule has 2 aromatic heterocycles. The Bertz CT molecular complexity index is 1080. The van der Waals surface area contributed by atoms with E-state index in [-0.39, 0.29) is 11.9 Å². The molecule has 7 heteroatoms. The van der Waals surface area contributed by atoms with Crippen LogP contribution in [-0.4, -0.2) is 47.3 Å². The van der Waals surface area contributed by atoms with Crippen molar-refractivity contribution in [3.8, 4) is 11.9 Å². The van der Waals surface area contributed by atoms with Crippen molar-refractivity contribution in [3.05, 3.63) is 47.3 Å². The van der Waals surface area contributed by atoms with Crippen LogP contribution in [0.2, 0.25) is 0 Å². The smallest absolute Gasteiger partial charge is 0.319 e. The van der Waals surface area contributed by atoms with Crippen molar-refractivity contribution in [2.45, 2.75) is 31.9 Å². The highest BCUT2D eigenvalue weighted by molar-refractivity contribution is 5.81. The molecule has 0 amide bonds. The van der Waals surface area contributed by atoms with Gasteiger partial charge < -0.3 is 19.0 Å². The number of aromatic nitrogens is 2. The number of ether oxygens (including phenoxy) is 2. The highest BCUT2D eigenvalue weighted by atomic mass is 16.5. The molecule has 3 unspecified atom stereocenters. The molecule has 1 N–H and O–H groups in total. The van der Waals surface area contributed by atoms with Gasteiger partial charge >= 0.3 is 6.01 Å². The first-order valence-corrected chi connectivity index (χ1v) is 10.4. The minimum Gasteiger partial charge on any atom is -0.481 e. The first-order valence-electron chi connectivity index (χ1n) is 10.4. The van der Waals surface area contributed by atoms with E-state index >= 15 is 0 Å². The highest BCUT2D eigenvalue weighted by Gasteiger charge is 2.54. The van der Waals surface area contributed by atoms with Crippen LogP contribution in [0.4, 0.5) is 0 Å². The molecule has 1 saturated heterocycles. The van der Waals surface area contributed by atoms with Crippen LogP contribution < -0.4 is 9.47 Å². The van der Waals surface area contributed by atoms with Gasteiger partial charge in [-0.15, -0.1) is 0 Å². The number of hydrogen-bond donors (Lipinski definition) is 1. The molecule has 5 rings (SSSR count). The second-order valence-corrected chi connectivity index (χ2v) is 8.45. The van der Waals surface area contributed by atoms with Gasteiger partial charge in [0.05, 0.1) is 26.3 Å². The minimum atomic E-state index is -1.00. The van der Waals surface area contributed by atoms with Crippen LogP contribution in [0.25, 0.3) is 11.0 Å². The molecule has 0 radical (unpaired) electrons. The summed E-state index contributed by atoms with van der Waals surface area (Å²) >= 11 is 0. The third-order valence-electron chi connectivity index (χ3n) is 6.91. The van der Waals surface area contributed by atoms with Crippen molar-refractivity contribution in [3.63, 3.8) is 0 Å². The third-order valence-corrected chi connectivity index (χ3v) is 6.91. The Morgan fingerprint density at radius 3 is 2.83 bits per heavy atom. The maximum absolute atomic E-state index is 11.7. The number of benzene rings is 1. The molecule has 0 spiro atoms. The van der Waals surface area contributed by atoms with E-state index in [0.717, 1.165) is 37.4 Å². The van der Waals surface area contributed by atoms with Crippen molar-refractivity contribution in [2.75, 3.05) is 27.3 Å². The van der Waals surface area contributed by atoms with Crippen molar-refractivity contribution >= 4 is 11.0 Å². The Balaban J connectivity index is 1.39.